The third-order valence-electron chi connectivity index (χ3n) is 9.58. The number of nitrogens with zero attached hydrogens (tertiary/aromatic N) is 5. The number of rotatable bonds is 8. The highest BCUT2D eigenvalue weighted by molar-refractivity contribution is 7.90. The quantitative estimate of drug-likeness (QED) is 0.298. The second-order valence-corrected chi connectivity index (χ2v) is 15.4. The second kappa shape index (κ2) is 13.2. The molecule has 48 heavy (non-hydrogen) atoms. The van der Waals surface area contributed by atoms with Gasteiger partial charge in [-0.3, -0.25) is 14.3 Å². The number of imidazole rings is 1. The summed E-state index contributed by atoms with van der Waals surface area (Å²) < 4.78 is 35.3. The van der Waals surface area contributed by atoms with Gasteiger partial charge in [0.1, 0.15) is 11.8 Å². The fourth-order valence-corrected chi connectivity index (χ4v) is 8.35. The summed E-state index contributed by atoms with van der Waals surface area (Å²) in [6, 6.07) is 20.5. The first-order valence-electron chi connectivity index (χ1n) is 16.3. The van der Waals surface area contributed by atoms with Crippen molar-refractivity contribution in [3.63, 3.8) is 0 Å². The molecule has 0 saturated carbocycles. The Labute approximate surface area is 281 Å². The van der Waals surface area contributed by atoms with Crippen molar-refractivity contribution >= 4 is 27.0 Å². The lowest BCUT2D eigenvalue weighted by molar-refractivity contribution is -0.132. The van der Waals surface area contributed by atoms with Gasteiger partial charge in [-0.25, -0.2) is 13.2 Å². The maximum absolute atomic E-state index is 14.6. The van der Waals surface area contributed by atoms with E-state index in [-0.39, 0.29) is 39.0 Å². The third kappa shape index (κ3) is 6.38. The fraction of sp³-hybridized carbons (Fsp3) is 0.417. The van der Waals surface area contributed by atoms with Crippen LogP contribution in [0, 0.1) is 11.3 Å². The molecule has 0 aliphatic carbocycles. The van der Waals surface area contributed by atoms with Crippen molar-refractivity contribution in [2.24, 2.45) is 0 Å². The van der Waals surface area contributed by atoms with Crippen molar-refractivity contribution in [2.75, 3.05) is 33.3 Å². The molecule has 6 rings (SSSR count). The van der Waals surface area contributed by atoms with Gasteiger partial charge >= 0.3 is 5.69 Å². The highest BCUT2D eigenvalue weighted by atomic mass is 32.2. The molecule has 3 heterocycles. The number of carbonyl (C=O) groups excluding carboxylic acids is 1. The number of fused-ring (bicyclic) bond motifs is 1. The number of carbonyl (C=O) groups is 1. The SMILES string of the molecule is COc1ccc(S(=O)(=O)n2c(=O)n(C(C(=O)N3CC[C@H](NC4CCN(C(C)(C)C)CC4)C3)c3ccccc3)c3cc(C#N)ccc32)cc1. The van der Waals surface area contributed by atoms with Crippen molar-refractivity contribution < 1.29 is 17.9 Å². The predicted molar refractivity (Wildman–Crippen MR) is 184 cm³/mol. The first kappa shape index (κ1) is 33.5. The summed E-state index contributed by atoms with van der Waals surface area (Å²) in [4.78, 5) is 33.2. The number of methoxy groups -OCH3 is 1. The lowest BCUT2D eigenvalue weighted by Gasteiger charge is -2.41. The minimum Gasteiger partial charge on any atom is -0.497 e. The van der Waals surface area contributed by atoms with E-state index < -0.39 is 21.8 Å². The summed E-state index contributed by atoms with van der Waals surface area (Å²) in [5, 5.41) is 13.5. The maximum Gasteiger partial charge on any atom is 0.344 e. The number of ether oxygens (including phenoxy) is 1. The molecule has 1 amide bonds. The van der Waals surface area contributed by atoms with Gasteiger partial charge < -0.3 is 15.0 Å². The van der Waals surface area contributed by atoms with Crippen molar-refractivity contribution in [3.05, 3.63) is 94.4 Å². The Hall–Kier alpha value is -4.44. The number of hydrogen-bond donors (Lipinski definition) is 1. The molecule has 1 N–H and O–H groups in total. The monoisotopic (exact) mass is 670 g/mol. The molecular formula is C36H42N6O5S. The maximum atomic E-state index is 14.6. The molecule has 1 aromatic heterocycles. The smallest absolute Gasteiger partial charge is 0.344 e. The highest BCUT2D eigenvalue weighted by Gasteiger charge is 2.38. The van der Waals surface area contributed by atoms with E-state index in [0.29, 0.717) is 30.4 Å². The van der Waals surface area contributed by atoms with E-state index >= 15 is 0 Å². The van der Waals surface area contributed by atoms with Gasteiger partial charge in [0.25, 0.3) is 15.9 Å². The van der Waals surface area contributed by atoms with E-state index in [0.717, 1.165) is 36.3 Å². The van der Waals surface area contributed by atoms with Crippen molar-refractivity contribution in [1.82, 2.24) is 23.7 Å². The normalized spacial score (nSPS) is 18.6. The number of piperidine rings is 1. The van der Waals surface area contributed by atoms with Crippen LogP contribution in [0.5, 0.6) is 5.75 Å². The van der Waals surface area contributed by atoms with Crippen molar-refractivity contribution in [3.8, 4) is 11.8 Å². The molecule has 3 aromatic carbocycles. The molecule has 0 bridgehead atoms. The Bertz CT molecular complexity index is 2000. The molecule has 2 atom stereocenters. The minimum atomic E-state index is -4.41. The van der Waals surface area contributed by atoms with Crippen LogP contribution in [0.4, 0.5) is 0 Å². The van der Waals surface area contributed by atoms with E-state index in [1.165, 1.54) is 54.1 Å². The number of hydrogen-bond acceptors (Lipinski definition) is 8. The Morgan fingerprint density at radius 1 is 0.938 bits per heavy atom. The molecule has 0 radical (unpaired) electrons. The van der Waals surface area contributed by atoms with Crippen LogP contribution in [0.2, 0.25) is 0 Å². The molecule has 2 saturated heterocycles. The molecule has 2 aliphatic heterocycles. The molecule has 1 unspecified atom stereocenters. The molecule has 252 valence electrons. The molecule has 11 nitrogen and oxygen atoms in total. The predicted octanol–water partition coefficient (Wildman–Crippen LogP) is 3.96. The topological polar surface area (TPSA) is 130 Å². The molecule has 12 heteroatoms. The van der Waals surface area contributed by atoms with Crippen LogP contribution < -0.4 is 15.7 Å². The lowest BCUT2D eigenvalue weighted by Crippen LogP contribution is -2.52. The summed E-state index contributed by atoms with van der Waals surface area (Å²) in [5.74, 6) is 0.157. The van der Waals surface area contributed by atoms with Crippen molar-refractivity contribution in [2.45, 2.75) is 68.6 Å². The summed E-state index contributed by atoms with van der Waals surface area (Å²) in [5.41, 5.74) is 0.273. The zero-order chi connectivity index (χ0) is 34.2. The van der Waals surface area contributed by atoms with Gasteiger partial charge in [0.15, 0.2) is 0 Å². The third-order valence-corrected chi connectivity index (χ3v) is 11.3. The molecule has 2 fully saturated rings. The van der Waals surface area contributed by atoms with Crippen LogP contribution in [-0.4, -0.2) is 83.6 Å². The number of amides is 1. The second-order valence-electron chi connectivity index (χ2n) is 13.6. The molecule has 2 aliphatic rings. The Morgan fingerprint density at radius 2 is 1.60 bits per heavy atom. The summed E-state index contributed by atoms with van der Waals surface area (Å²) in [6.07, 6.45) is 2.84. The van der Waals surface area contributed by atoms with Gasteiger partial charge in [0.2, 0.25) is 0 Å². The van der Waals surface area contributed by atoms with Gasteiger partial charge in [0.05, 0.1) is 34.7 Å². The van der Waals surface area contributed by atoms with E-state index in [9.17, 15) is 23.3 Å². The average molecular weight is 671 g/mol. The van der Waals surface area contributed by atoms with Gasteiger partial charge in [-0.2, -0.15) is 9.23 Å². The number of nitrogens with one attached hydrogen (secondary N) is 1. The van der Waals surface area contributed by atoms with Gasteiger partial charge in [0, 0.05) is 43.8 Å². The van der Waals surface area contributed by atoms with E-state index in [2.05, 4.69) is 37.1 Å². The Kier molecular flexibility index (Phi) is 9.22. The van der Waals surface area contributed by atoms with E-state index in [1.54, 1.807) is 29.2 Å². The zero-order valence-electron chi connectivity index (χ0n) is 27.8. The summed E-state index contributed by atoms with van der Waals surface area (Å²) >= 11 is 0. The van der Waals surface area contributed by atoms with Gasteiger partial charge in [-0.15, -0.1) is 0 Å². The van der Waals surface area contributed by atoms with Crippen LogP contribution in [0.1, 0.15) is 57.2 Å². The first-order chi connectivity index (χ1) is 22.9. The van der Waals surface area contributed by atoms with Crippen LogP contribution >= 0.6 is 0 Å². The summed E-state index contributed by atoms with van der Waals surface area (Å²) in [7, 11) is -2.94. The van der Waals surface area contributed by atoms with E-state index in [1.807, 2.05) is 6.07 Å². The van der Waals surface area contributed by atoms with Crippen LogP contribution in [0.25, 0.3) is 11.0 Å². The average Bonchev–Trinajstić information content (AvgIpc) is 3.67. The van der Waals surface area contributed by atoms with E-state index in [4.69, 9.17) is 4.74 Å². The summed E-state index contributed by atoms with van der Waals surface area (Å²) in [6.45, 7) is 9.73. The zero-order valence-corrected chi connectivity index (χ0v) is 28.6. The number of likely N-dealkylation sites (tertiary alicyclic amines) is 2. The standard InChI is InChI=1S/C36H42N6O5S/c1-36(2,3)40-20-17-27(18-21-40)38-28-16-19-39(24-28)34(43)33(26-8-6-5-7-9-26)41-32-22-25(23-37)10-15-31(32)42(35(41)44)48(45,46)30-13-11-29(47-4)12-14-30/h5-15,22,27-28,33,38H,16-21,24H2,1-4H3/t28-,33?/m0/s1. The Morgan fingerprint density at radius 3 is 2.23 bits per heavy atom. The number of aromatic nitrogens is 2. The molecular weight excluding hydrogens is 629 g/mol. The largest absolute Gasteiger partial charge is 0.497 e. The first-order valence-corrected chi connectivity index (χ1v) is 17.8. The molecule has 4 aromatic rings. The van der Waals surface area contributed by atoms with Crippen molar-refractivity contribution in [1.29, 1.82) is 5.26 Å². The van der Waals surface area contributed by atoms with Crippen LogP contribution in [0.15, 0.2) is 82.5 Å². The Balaban J connectivity index is 1.37. The lowest BCUT2D eigenvalue weighted by atomic mass is 9.97. The molecule has 0 spiro atoms. The number of benzene rings is 3. The fourth-order valence-electron chi connectivity index (χ4n) is 6.95. The van der Waals surface area contributed by atoms with Crippen LogP contribution in [-0.2, 0) is 14.8 Å². The van der Waals surface area contributed by atoms with Crippen LogP contribution in [0.3, 0.4) is 0 Å². The van der Waals surface area contributed by atoms with Gasteiger partial charge in [-0.05, 0) is 88.1 Å². The number of nitriles is 1. The minimum absolute atomic E-state index is 0.0751. The highest BCUT2D eigenvalue weighted by Crippen LogP contribution is 2.30. The van der Waals surface area contributed by atoms with Gasteiger partial charge in [-0.1, -0.05) is 30.3 Å².